The third-order valence-corrected chi connectivity index (χ3v) is 6.52. The van der Waals surface area contributed by atoms with E-state index in [1.165, 1.54) is 46.6 Å². The molecule has 7 nitrogen and oxygen atoms in total. The number of benzene rings is 2. The topological polar surface area (TPSA) is 80.1 Å². The summed E-state index contributed by atoms with van der Waals surface area (Å²) in [5.41, 5.74) is 1.20. The second kappa shape index (κ2) is 11.7. The SMILES string of the molecule is COCCN(CC(=O)N(Cc1ccc(F)cc1)Cc1coc2ccccc2c1=O)C(=O)c1cccs1. The van der Waals surface area contributed by atoms with Gasteiger partial charge in [0.2, 0.25) is 5.91 Å². The predicted octanol–water partition coefficient (Wildman–Crippen LogP) is 4.31. The number of hydrogen-bond donors (Lipinski definition) is 0. The molecule has 186 valence electrons. The molecule has 0 N–H and O–H groups in total. The standard InChI is InChI=1S/C27H25FN2O5S/c1-34-13-12-29(27(33)24-7-4-14-36-24)17-25(31)30(15-19-8-10-21(28)11-9-19)16-20-18-35-23-6-3-2-5-22(23)26(20)32/h2-11,14,18H,12-13,15-17H2,1H3. The van der Waals surface area contributed by atoms with Crippen molar-refractivity contribution in [2.24, 2.45) is 0 Å². The molecular weight excluding hydrogens is 483 g/mol. The zero-order chi connectivity index (χ0) is 25.5. The Morgan fingerprint density at radius 3 is 2.50 bits per heavy atom. The van der Waals surface area contributed by atoms with Crippen molar-refractivity contribution in [2.75, 3.05) is 26.8 Å². The van der Waals surface area contributed by atoms with Crippen molar-refractivity contribution >= 4 is 34.1 Å². The summed E-state index contributed by atoms with van der Waals surface area (Å²) >= 11 is 1.29. The highest BCUT2D eigenvalue weighted by molar-refractivity contribution is 7.12. The minimum Gasteiger partial charge on any atom is -0.464 e. The molecule has 0 spiro atoms. The summed E-state index contributed by atoms with van der Waals surface area (Å²) in [5.74, 6) is -1.03. The Balaban J connectivity index is 1.62. The fraction of sp³-hybridized carbons (Fsp3) is 0.222. The van der Waals surface area contributed by atoms with Gasteiger partial charge in [0.25, 0.3) is 5.91 Å². The van der Waals surface area contributed by atoms with Gasteiger partial charge in [-0.05, 0) is 41.3 Å². The van der Waals surface area contributed by atoms with Gasteiger partial charge in [0.1, 0.15) is 17.9 Å². The van der Waals surface area contributed by atoms with Crippen LogP contribution >= 0.6 is 11.3 Å². The maximum atomic E-state index is 13.5. The monoisotopic (exact) mass is 508 g/mol. The van der Waals surface area contributed by atoms with E-state index in [1.54, 1.807) is 53.9 Å². The smallest absolute Gasteiger partial charge is 0.264 e. The lowest BCUT2D eigenvalue weighted by Crippen LogP contribution is -2.44. The maximum absolute atomic E-state index is 13.5. The average Bonchev–Trinajstić information content (AvgIpc) is 3.43. The normalized spacial score (nSPS) is 10.9. The van der Waals surface area contributed by atoms with E-state index in [1.807, 2.05) is 0 Å². The maximum Gasteiger partial charge on any atom is 0.264 e. The van der Waals surface area contributed by atoms with Gasteiger partial charge in [-0.2, -0.15) is 0 Å². The summed E-state index contributed by atoms with van der Waals surface area (Å²) in [7, 11) is 1.52. The van der Waals surface area contributed by atoms with E-state index in [2.05, 4.69) is 0 Å². The van der Waals surface area contributed by atoms with Gasteiger partial charge in [0.15, 0.2) is 5.43 Å². The molecule has 0 radical (unpaired) electrons. The van der Waals surface area contributed by atoms with Gasteiger partial charge in [0.05, 0.1) is 35.2 Å². The highest BCUT2D eigenvalue weighted by Gasteiger charge is 2.24. The molecule has 0 aliphatic heterocycles. The van der Waals surface area contributed by atoms with Crippen molar-refractivity contribution < 1.29 is 23.1 Å². The summed E-state index contributed by atoms with van der Waals surface area (Å²) in [6, 6.07) is 16.1. The summed E-state index contributed by atoms with van der Waals surface area (Å²) in [4.78, 5) is 43.1. The van der Waals surface area contributed by atoms with Crippen molar-refractivity contribution in [2.45, 2.75) is 13.1 Å². The number of carbonyl (C=O) groups is 2. The van der Waals surface area contributed by atoms with Crippen LogP contribution < -0.4 is 5.43 Å². The number of rotatable bonds is 10. The van der Waals surface area contributed by atoms with Gasteiger partial charge in [-0.15, -0.1) is 11.3 Å². The minimum atomic E-state index is -0.390. The number of nitrogens with zero attached hydrogens (tertiary/aromatic N) is 2. The molecule has 9 heteroatoms. The van der Waals surface area contributed by atoms with E-state index in [4.69, 9.17) is 9.15 Å². The van der Waals surface area contributed by atoms with Crippen molar-refractivity contribution in [1.82, 2.24) is 9.80 Å². The predicted molar refractivity (Wildman–Crippen MR) is 135 cm³/mol. The largest absolute Gasteiger partial charge is 0.464 e. The Labute approximate surface area is 211 Å². The number of methoxy groups -OCH3 is 1. The minimum absolute atomic E-state index is 0.0330. The molecule has 0 saturated carbocycles. The lowest BCUT2D eigenvalue weighted by molar-refractivity contribution is -0.133. The van der Waals surface area contributed by atoms with Gasteiger partial charge >= 0.3 is 0 Å². The van der Waals surface area contributed by atoms with E-state index in [9.17, 15) is 18.8 Å². The molecule has 0 aliphatic rings. The first kappa shape index (κ1) is 25.3. The molecule has 0 fully saturated rings. The molecule has 2 amide bonds. The molecule has 0 unspecified atom stereocenters. The molecule has 2 aromatic heterocycles. The first-order chi connectivity index (χ1) is 17.5. The average molecular weight is 509 g/mol. The molecule has 4 rings (SSSR count). The van der Waals surface area contributed by atoms with Crippen molar-refractivity contribution in [1.29, 1.82) is 0 Å². The van der Waals surface area contributed by atoms with Crippen molar-refractivity contribution in [3.8, 4) is 0 Å². The third kappa shape index (κ3) is 6.05. The molecule has 0 atom stereocenters. The molecule has 2 heterocycles. The first-order valence-electron chi connectivity index (χ1n) is 11.3. The Morgan fingerprint density at radius 2 is 1.78 bits per heavy atom. The number of thiophene rings is 1. The number of ether oxygens (including phenoxy) is 1. The lowest BCUT2D eigenvalue weighted by Gasteiger charge is -2.27. The van der Waals surface area contributed by atoms with E-state index in [-0.39, 0.29) is 55.8 Å². The number of fused-ring (bicyclic) bond motifs is 1. The second-order valence-corrected chi connectivity index (χ2v) is 9.11. The highest BCUT2D eigenvalue weighted by atomic mass is 32.1. The number of amides is 2. The fourth-order valence-corrected chi connectivity index (χ4v) is 4.44. The molecule has 2 aromatic carbocycles. The summed E-state index contributed by atoms with van der Waals surface area (Å²) in [5, 5.41) is 2.21. The Hall–Kier alpha value is -3.82. The van der Waals surface area contributed by atoms with Gasteiger partial charge in [-0.25, -0.2) is 4.39 Å². The summed E-state index contributed by atoms with van der Waals surface area (Å²) in [6.45, 7) is 0.365. The molecule has 36 heavy (non-hydrogen) atoms. The van der Waals surface area contributed by atoms with Crippen LogP contribution in [-0.4, -0.2) is 48.4 Å². The van der Waals surface area contributed by atoms with Crippen LogP contribution in [0.25, 0.3) is 11.0 Å². The summed E-state index contributed by atoms with van der Waals surface area (Å²) in [6.07, 6.45) is 1.36. The van der Waals surface area contributed by atoms with Crippen molar-refractivity contribution in [3.63, 3.8) is 0 Å². The van der Waals surface area contributed by atoms with E-state index in [0.717, 1.165) is 0 Å². The molecular formula is C27H25FN2O5S. The van der Waals surface area contributed by atoms with E-state index < -0.39 is 0 Å². The van der Waals surface area contributed by atoms with Crippen LogP contribution in [0.4, 0.5) is 4.39 Å². The van der Waals surface area contributed by atoms with Gasteiger partial charge < -0.3 is 19.0 Å². The van der Waals surface area contributed by atoms with Crippen LogP contribution in [0.3, 0.4) is 0 Å². The molecule has 4 aromatic rings. The van der Waals surface area contributed by atoms with E-state index in [0.29, 0.717) is 27.0 Å². The number of hydrogen-bond acceptors (Lipinski definition) is 6. The van der Waals surface area contributed by atoms with Gasteiger partial charge in [-0.3, -0.25) is 14.4 Å². The number of para-hydroxylation sites is 1. The van der Waals surface area contributed by atoms with Crippen LogP contribution in [0.15, 0.2) is 81.5 Å². The second-order valence-electron chi connectivity index (χ2n) is 8.16. The quantitative estimate of drug-likeness (QED) is 0.319. The first-order valence-corrected chi connectivity index (χ1v) is 12.2. The highest BCUT2D eigenvalue weighted by Crippen LogP contribution is 2.16. The van der Waals surface area contributed by atoms with Crippen LogP contribution in [0.1, 0.15) is 20.8 Å². The molecule has 0 aliphatic carbocycles. The fourth-order valence-electron chi connectivity index (χ4n) is 3.75. The number of carbonyl (C=O) groups excluding carboxylic acids is 2. The van der Waals surface area contributed by atoms with Crippen LogP contribution in [0, 0.1) is 5.82 Å². The van der Waals surface area contributed by atoms with E-state index >= 15 is 0 Å². The van der Waals surface area contributed by atoms with Gasteiger partial charge in [0, 0.05) is 20.2 Å². The Bertz CT molecular complexity index is 1390. The van der Waals surface area contributed by atoms with Crippen LogP contribution in [0.2, 0.25) is 0 Å². The molecule has 0 bridgehead atoms. The third-order valence-electron chi connectivity index (χ3n) is 5.66. The lowest BCUT2D eigenvalue weighted by atomic mass is 10.1. The summed E-state index contributed by atoms with van der Waals surface area (Å²) < 4.78 is 24.2. The Kier molecular flexibility index (Phi) is 8.24. The van der Waals surface area contributed by atoms with Crippen molar-refractivity contribution in [3.05, 3.63) is 104 Å². The Morgan fingerprint density at radius 1 is 1.00 bits per heavy atom. The van der Waals surface area contributed by atoms with Crippen LogP contribution in [-0.2, 0) is 22.6 Å². The zero-order valence-corrected chi connectivity index (χ0v) is 20.5. The van der Waals surface area contributed by atoms with Crippen LogP contribution in [0.5, 0.6) is 0 Å². The van der Waals surface area contributed by atoms with Gasteiger partial charge in [-0.1, -0.05) is 30.3 Å². The molecule has 0 saturated heterocycles. The zero-order valence-electron chi connectivity index (χ0n) is 19.7. The number of halogens is 1.